The van der Waals surface area contributed by atoms with Crippen LogP contribution in [0.2, 0.25) is 0 Å². The van der Waals surface area contributed by atoms with Gasteiger partial charge < -0.3 is 10.2 Å². The Balaban J connectivity index is 1.71. The van der Waals surface area contributed by atoms with Gasteiger partial charge in [-0.25, -0.2) is 9.97 Å². The third-order valence-corrected chi connectivity index (χ3v) is 3.41. The fourth-order valence-electron chi connectivity index (χ4n) is 2.14. The van der Waals surface area contributed by atoms with Gasteiger partial charge in [0.15, 0.2) is 0 Å². The normalized spacial score (nSPS) is 18.2. The van der Waals surface area contributed by atoms with Crippen molar-refractivity contribution < 1.29 is 0 Å². The molecule has 0 amide bonds. The zero-order valence-corrected chi connectivity index (χ0v) is 11.8. The molecule has 2 heterocycles. The summed E-state index contributed by atoms with van der Waals surface area (Å²) in [7, 11) is 0. The van der Waals surface area contributed by atoms with E-state index in [1.807, 2.05) is 0 Å². The molecule has 0 bridgehead atoms. The Bertz CT molecular complexity index is 335. The van der Waals surface area contributed by atoms with E-state index in [2.05, 4.69) is 43.0 Å². The largest absolute Gasteiger partial charge is 0.354 e. The van der Waals surface area contributed by atoms with Gasteiger partial charge in [-0.2, -0.15) is 0 Å². The molecule has 1 atom stereocenters. The monoisotopic (exact) mass is 298 g/mol. The zero-order valence-electron chi connectivity index (χ0n) is 10.2. The lowest BCUT2D eigenvalue weighted by molar-refractivity contribution is 0.294. The lowest BCUT2D eigenvalue weighted by Crippen LogP contribution is -2.29. The van der Waals surface area contributed by atoms with Crippen molar-refractivity contribution in [3.05, 3.63) is 16.9 Å². The van der Waals surface area contributed by atoms with Crippen molar-refractivity contribution in [3.63, 3.8) is 0 Å². The highest BCUT2D eigenvalue weighted by Crippen LogP contribution is 2.11. The minimum absolute atomic E-state index is 0.625. The minimum Gasteiger partial charge on any atom is -0.354 e. The number of likely N-dealkylation sites (tertiary alicyclic amines) is 1. The van der Waals surface area contributed by atoms with E-state index in [1.165, 1.54) is 32.5 Å². The van der Waals surface area contributed by atoms with Gasteiger partial charge in [-0.15, -0.1) is 0 Å². The summed E-state index contributed by atoms with van der Waals surface area (Å²) in [6.45, 7) is 6.89. The van der Waals surface area contributed by atoms with Crippen LogP contribution in [0.15, 0.2) is 16.9 Å². The van der Waals surface area contributed by atoms with Crippen LogP contribution in [0.4, 0.5) is 5.95 Å². The highest BCUT2D eigenvalue weighted by atomic mass is 79.9. The second-order valence-electron chi connectivity index (χ2n) is 4.72. The number of halogens is 1. The van der Waals surface area contributed by atoms with E-state index in [0.717, 1.165) is 11.0 Å². The molecule has 1 fully saturated rings. The number of aromatic nitrogens is 2. The van der Waals surface area contributed by atoms with Gasteiger partial charge in [0.05, 0.1) is 4.47 Å². The molecule has 0 spiro atoms. The summed E-state index contributed by atoms with van der Waals surface area (Å²) in [4.78, 5) is 10.9. The number of anilines is 1. The summed E-state index contributed by atoms with van der Waals surface area (Å²) in [5, 5.41) is 3.28. The summed E-state index contributed by atoms with van der Waals surface area (Å²) in [6, 6.07) is 0. The highest BCUT2D eigenvalue weighted by Gasteiger charge is 2.14. The first-order valence-corrected chi connectivity index (χ1v) is 6.97. The quantitative estimate of drug-likeness (QED) is 0.906. The molecule has 94 valence electrons. The molecule has 1 aromatic rings. The van der Waals surface area contributed by atoms with Crippen molar-refractivity contribution in [2.45, 2.75) is 19.8 Å². The average Bonchev–Trinajstić information content (AvgIpc) is 2.81. The van der Waals surface area contributed by atoms with Gasteiger partial charge in [-0.3, -0.25) is 0 Å². The maximum atomic E-state index is 4.20. The zero-order chi connectivity index (χ0) is 12.1. The number of hydrogen-bond donors (Lipinski definition) is 1. The first kappa shape index (κ1) is 12.8. The highest BCUT2D eigenvalue weighted by molar-refractivity contribution is 9.10. The number of nitrogens with zero attached hydrogens (tertiary/aromatic N) is 3. The summed E-state index contributed by atoms with van der Waals surface area (Å²) in [5.41, 5.74) is 0. The van der Waals surface area contributed by atoms with E-state index in [9.17, 15) is 0 Å². The maximum Gasteiger partial charge on any atom is 0.222 e. The predicted octanol–water partition coefficient (Wildman–Crippen LogP) is 2.38. The van der Waals surface area contributed by atoms with Crippen LogP contribution in [0.1, 0.15) is 19.8 Å². The molecule has 0 aliphatic carbocycles. The van der Waals surface area contributed by atoms with Crippen molar-refractivity contribution in [1.29, 1.82) is 0 Å². The second kappa shape index (κ2) is 6.31. The number of hydrogen-bond acceptors (Lipinski definition) is 4. The minimum atomic E-state index is 0.625. The summed E-state index contributed by atoms with van der Waals surface area (Å²) < 4.78 is 0.910. The fourth-order valence-corrected chi connectivity index (χ4v) is 2.34. The van der Waals surface area contributed by atoms with Crippen LogP contribution in [0.5, 0.6) is 0 Å². The van der Waals surface area contributed by atoms with Crippen molar-refractivity contribution in [2.24, 2.45) is 5.92 Å². The number of nitrogens with one attached hydrogen (secondary N) is 1. The van der Waals surface area contributed by atoms with E-state index in [-0.39, 0.29) is 0 Å². The van der Waals surface area contributed by atoms with E-state index in [0.29, 0.717) is 11.9 Å². The van der Waals surface area contributed by atoms with Gasteiger partial charge in [-0.05, 0) is 47.8 Å². The third-order valence-electron chi connectivity index (χ3n) is 3.00. The van der Waals surface area contributed by atoms with Gasteiger partial charge in [0.1, 0.15) is 0 Å². The van der Waals surface area contributed by atoms with E-state index in [1.54, 1.807) is 12.4 Å². The number of rotatable bonds is 5. The van der Waals surface area contributed by atoms with Gasteiger partial charge in [0, 0.05) is 25.5 Å². The van der Waals surface area contributed by atoms with Crippen LogP contribution in [-0.4, -0.2) is 41.0 Å². The van der Waals surface area contributed by atoms with Crippen molar-refractivity contribution in [1.82, 2.24) is 14.9 Å². The lowest BCUT2D eigenvalue weighted by atomic mass is 10.1. The van der Waals surface area contributed by atoms with Crippen LogP contribution in [-0.2, 0) is 0 Å². The van der Waals surface area contributed by atoms with Gasteiger partial charge in [0.2, 0.25) is 5.95 Å². The van der Waals surface area contributed by atoms with Gasteiger partial charge in [-0.1, -0.05) is 6.92 Å². The molecule has 1 N–H and O–H groups in total. The van der Waals surface area contributed by atoms with Crippen LogP contribution in [0, 0.1) is 5.92 Å². The first-order valence-electron chi connectivity index (χ1n) is 6.18. The molecule has 4 nitrogen and oxygen atoms in total. The molecule has 0 aromatic carbocycles. The van der Waals surface area contributed by atoms with Crippen molar-refractivity contribution >= 4 is 21.9 Å². The van der Waals surface area contributed by atoms with E-state index < -0.39 is 0 Å². The van der Waals surface area contributed by atoms with Crippen molar-refractivity contribution in [2.75, 3.05) is 31.5 Å². The molecule has 2 rings (SSSR count). The Kier molecular flexibility index (Phi) is 4.74. The molecule has 1 unspecified atom stereocenters. The Morgan fingerprint density at radius 2 is 2.00 bits per heavy atom. The van der Waals surface area contributed by atoms with E-state index in [4.69, 9.17) is 0 Å². The molecule has 0 saturated carbocycles. The standard InChI is InChI=1S/C12H19BrN4/c1-10(9-17-4-2-3-5-17)6-14-12-15-7-11(13)8-16-12/h7-8,10H,2-6,9H2,1H3,(H,14,15,16). The average molecular weight is 299 g/mol. The van der Waals surface area contributed by atoms with E-state index >= 15 is 0 Å². The molecule has 1 aliphatic heterocycles. The molecule has 1 aromatic heterocycles. The van der Waals surface area contributed by atoms with Crippen LogP contribution >= 0.6 is 15.9 Å². The Labute approximate surface area is 111 Å². The lowest BCUT2D eigenvalue weighted by Gasteiger charge is -2.20. The van der Waals surface area contributed by atoms with Crippen molar-refractivity contribution in [3.8, 4) is 0 Å². The summed E-state index contributed by atoms with van der Waals surface area (Å²) in [6.07, 6.45) is 6.24. The van der Waals surface area contributed by atoms with Crippen LogP contribution < -0.4 is 5.32 Å². The van der Waals surface area contributed by atoms with Crippen LogP contribution in [0.3, 0.4) is 0 Å². The predicted molar refractivity (Wildman–Crippen MR) is 73.1 cm³/mol. The molecule has 17 heavy (non-hydrogen) atoms. The SMILES string of the molecule is CC(CNc1ncc(Br)cn1)CN1CCCC1. The Morgan fingerprint density at radius 3 is 2.65 bits per heavy atom. The smallest absolute Gasteiger partial charge is 0.222 e. The maximum absolute atomic E-state index is 4.20. The third kappa shape index (κ3) is 4.24. The molecule has 1 aliphatic rings. The Hall–Kier alpha value is -0.680. The molecule has 5 heteroatoms. The molecular weight excluding hydrogens is 280 g/mol. The second-order valence-corrected chi connectivity index (χ2v) is 5.63. The topological polar surface area (TPSA) is 41.1 Å². The summed E-state index contributed by atoms with van der Waals surface area (Å²) in [5.74, 6) is 1.34. The molecule has 0 radical (unpaired) electrons. The molecule has 1 saturated heterocycles. The Morgan fingerprint density at radius 1 is 1.35 bits per heavy atom. The van der Waals surface area contributed by atoms with Crippen LogP contribution in [0.25, 0.3) is 0 Å². The summed E-state index contributed by atoms with van der Waals surface area (Å²) >= 11 is 3.32. The first-order chi connectivity index (χ1) is 8.24. The van der Waals surface area contributed by atoms with Gasteiger partial charge in [0.25, 0.3) is 0 Å². The fraction of sp³-hybridized carbons (Fsp3) is 0.667. The molecular formula is C12H19BrN4. The van der Waals surface area contributed by atoms with Gasteiger partial charge >= 0.3 is 0 Å².